The molecule has 0 spiro atoms. The van der Waals surface area contributed by atoms with Crippen LogP contribution in [0.5, 0.6) is 0 Å². The first kappa shape index (κ1) is 18.7. The fourth-order valence-corrected chi connectivity index (χ4v) is 4.28. The molecule has 7 nitrogen and oxygen atoms in total. The van der Waals surface area contributed by atoms with E-state index in [1.165, 1.54) is 11.9 Å². The Morgan fingerprint density at radius 2 is 1.77 bits per heavy atom. The van der Waals surface area contributed by atoms with Crippen LogP contribution in [0.2, 0.25) is 5.02 Å². The van der Waals surface area contributed by atoms with E-state index in [0.29, 0.717) is 11.0 Å². The zero-order valence-corrected chi connectivity index (χ0v) is 17.5. The van der Waals surface area contributed by atoms with Crippen LogP contribution in [0, 0.1) is 6.92 Å². The fraction of sp³-hybridized carbons (Fsp3) is 0.227. The highest BCUT2D eigenvalue weighted by Crippen LogP contribution is 2.40. The smallest absolute Gasteiger partial charge is 0.302 e. The van der Waals surface area contributed by atoms with Gasteiger partial charge < -0.3 is 4.90 Å². The number of rotatable bonds is 2. The van der Waals surface area contributed by atoms with Crippen molar-refractivity contribution in [3.05, 3.63) is 70.9 Å². The van der Waals surface area contributed by atoms with E-state index in [2.05, 4.69) is 0 Å². The number of hydrogen-bond acceptors (Lipinski definition) is 5. The molecule has 3 aliphatic heterocycles. The minimum Gasteiger partial charge on any atom is -0.302 e. The Hall–Kier alpha value is -3.32. The summed E-state index contributed by atoms with van der Waals surface area (Å²) in [5.41, 5.74) is 3.70. The number of anilines is 1. The van der Waals surface area contributed by atoms with Crippen molar-refractivity contribution in [3.63, 3.8) is 0 Å². The first-order valence-corrected chi connectivity index (χ1v) is 10.0. The predicted molar refractivity (Wildman–Crippen MR) is 116 cm³/mol. The van der Waals surface area contributed by atoms with Gasteiger partial charge in [0.1, 0.15) is 0 Å². The third-order valence-electron chi connectivity index (χ3n) is 5.82. The maximum absolute atomic E-state index is 13.0. The number of benzene rings is 2. The van der Waals surface area contributed by atoms with Crippen molar-refractivity contribution in [3.8, 4) is 0 Å². The standard InChI is InChI=1S/C22H20ClN5O2/c1-13-9-10-15(11-16(13)23)28-17(14-7-5-4-6-8-14)12-27-18-19(24-21(27)28)25(2)22(30)26(3)20(18)29/h4-12,18-19H,1-3H3. The molecule has 5 rings (SSSR count). The van der Waals surface area contributed by atoms with E-state index < -0.39 is 12.2 Å². The van der Waals surface area contributed by atoms with Crippen LogP contribution in [0.25, 0.3) is 5.70 Å². The van der Waals surface area contributed by atoms with E-state index in [0.717, 1.165) is 27.4 Å². The molecule has 0 aliphatic carbocycles. The highest BCUT2D eigenvalue weighted by Gasteiger charge is 2.54. The van der Waals surface area contributed by atoms with Gasteiger partial charge in [-0.15, -0.1) is 0 Å². The molecule has 2 aromatic rings. The topological polar surface area (TPSA) is 59.5 Å². The zero-order valence-electron chi connectivity index (χ0n) is 16.8. The van der Waals surface area contributed by atoms with Crippen LogP contribution in [-0.4, -0.2) is 58.9 Å². The van der Waals surface area contributed by atoms with Crippen molar-refractivity contribution in [1.82, 2.24) is 14.7 Å². The molecule has 8 heteroatoms. The van der Waals surface area contributed by atoms with Gasteiger partial charge in [0, 0.05) is 30.9 Å². The van der Waals surface area contributed by atoms with Crippen molar-refractivity contribution >= 4 is 40.9 Å². The van der Waals surface area contributed by atoms with Crippen LogP contribution in [0.3, 0.4) is 0 Å². The summed E-state index contributed by atoms with van der Waals surface area (Å²) in [7, 11) is 3.18. The number of hydrogen-bond donors (Lipinski definition) is 0. The minimum absolute atomic E-state index is 0.269. The lowest BCUT2D eigenvalue weighted by atomic mass is 10.1. The second-order valence-corrected chi connectivity index (χ2v) is 8.04. The molecule has 2 atom stereocenters. The van der Waals surface area contributed by atoms with Crippen molar-refractivity contribution < 1.29 is 9.59 Å². The van der Waals surface area contributed by atoms with Crippen LogP contribution in [0.4, 0.5) is 10.5 Å². The molecule has 30 heavy (non-hydrogen) atoms. The van der Waals surface area contributed by atoms with Crippen LogP contribution in [0.1, 0.15) is 11.1 Å². The number of likely N-dealkylation sites (N-methyl/N-ethyl adjacent to an activating group) is 2. The average molecular weight is 422 g/mol. The number of amides is 3. The third kappa shape index (κ3) is 2.55. The molecule has 0 radical (unpaired) electrons. The van der Waals surface area contributed by atoms with Crippen molar-refractivity contribution in [2.24, 2.45) is 4.99 Å². The maximum Gasteiger partial charge on any atom is 0.328 e. The van der Waals surface area contributed by atoms with E-state index in [9.17, 15) is 9.59 Å². The van der Waals surface area contributed by atoms with Crippen LogP contribution >= 0.6 is 11.6 Å². The van der Waals surface area contributed by atoms with Crippen molar-refractivity contribution in [2.75, 3.05) is 19.0 Å². The van der Waals surface area contributed by atoms with Gasteiger partial charge in [-0.3, -0.25) is 19.5 Å². The van der Waals surface area contributed by atoms with Crippen molar-refractivity contribution in [2.45, 2.75) is 19.1 Å². The Morgan fingerprint density at radius 3 is 2.47 bits per heavy atom. The minimum atomic E-state index is -0.600. The van der Waals surface area contributed by atoms with Gasteiger partial charge >= 0.3 is 6.03 Å². The van der Waals surface area contributed by atoms with Gasteiger partial charge in [-0.05, 0) is 24.6 Å². The molecule has 152 valence electrons. The lowest BCUT2D eigenvalue weighted by Gasteiger charge is -2.38. The molecule has 2 aromatic carbocycles. The number of guanidine groups is 1. The Bertz CT molecular complexity index is 1130. The van der Waals surface area contributed by atoms with Gasteiger partial charge in [0.25, 0.3) is 5.91 Å². The lowest BCUT2D eigenvalue weighted by molar-refractivity contribution is -0.135. The second-order valence-electron chi connectivity index (χ2n) is 7.63. The van der Waals surface area contributed by atoms with Gasteiger partial charge in [-0.25, -0.2) is 9.79 Å². The second kappa shape index (κ2) is 6.60. The molecular formula is C22H20ClN5O2. The van der Waals surface area contributed by atoms with Crippen LogP contribution in [-0.2, 0) is 4.79 Å². The molecule has 3 amide bonds. The fourth-order valence-electron chi connectivity index (χ4n) is 4.11. The summed E-state index contributed by atoms with van der Waals surface area (Å²) in [6.07, 6.45) is 1.36. The summed E-state index contributed by atoms with van der Waals surface area (Å²) in [4.78, 5) is 36.7. The average Bonchev–Trinajstić information content (AvgIpc) is 3.30. The number of urea groups is 1. The molecule has 1 saturated heterocycles. The quantitative estimate of drug-likeness (QED) is 0.746. The lowest BCUT2D eigenvalue weighted by Crippen LogP contribution is -2.63. The molecular weight excluding hydrogens is 402 g/mol. The predicted octanol–water partition coefficient (Wildman–Crippen LogP) is 3.36. The monoisotopic (exact) mass is 421 g/mol. The van der Waals surface area contributed by atoms with Gasteiger partial charge in [-0.2, -0.15) is 0 Å². The molecule has 0 saturated carbocycles. The highest BCUT2D eigenvalue weighted by molar-refractivity contribution is 6.32. The number of imide groups is 1. The summed E-state index contributed by atoms with van der Waals surface area (Å²) in [6.45, 7) is 1.95. The summed E-state index contributed by atoms with van der Waals surface area (Å²) in [6, 6.07) is 14.8. The van der Waals surface area contributed by atoms with E-state index in [-0.39, 0.29) is 11.9 Å². The summed E-state index contributed by atoms with van der Waals surface area (Å²) < 4.78 is 0. The van der Waals surface area contributed by atoms with E-state index >= 15 is 0 Å². The Morgan fingerprint density at radius 1 is 1.03 bits per heavy atom. The van der Waals surface area contributed by atoms with Gasteiger partial charge in [0.15, 0.2) is 12.2 Å². The molecule has 0 bridgehead atoms. The highest BCUT2D eigenvalue weighted by atomic mass is 35.5. The number of carbonyl (C=O) groups excluding carboxylic acids is 2. The first-order chi connectivity index (χ1) is 14.4. The van der Waals surface area contributed by atoms with E-state index in [1.54, 1.807) is 7.05 Å². The number of fused-ring (bicyclic) bond motifs is 3. The van der Waals surface area contributed by atoms with Gasteiger partial charge in [-0.1, -0.05) is 48.0 Å². The van der Waals surface area contributed by atoms with Gasteiger partial charge in [0.05, 0.1) is 11.4 Å². The van der Waals surface area contributed by atoms with Crippen LogP contribution in [0.15, 0.2) is 59.7 Å². The molecule has 1 fully saturated rings. The molecule has 3 heterocycles. The Labute approximate surface area is 179 Å². The Kier molecular flexibility index (Phi) is 4.11. The summed E-state index contributed by atoms with van der Waals surface area (Å²) in [5.74, 6) is 0.335. The summed E-state index contributed by atoms with van der Waals surface area (Å²) in [5, 5.41) is 0.650. The SMILES string of the molecule is Cc1ccc(N2C(c3ccccc3)=CN3C2=NC2C3C(=O)N(C)C(=O)N2C)cc1Cl. The number of halogens is 1. The maximum atomic E-state index is 13.0. The molecule has 0 N–H and O–H groups in total. The Balaban J connectivity index is 1.66. The number of aliphatic imine (C=N–C) groups is 1. The number of nitrogens with zero attached hydrogens (tertiary/aromatic N) is 5. The largest absolute Gasteiger partial charge is 0.328 e. The molecule has 0 aromatic heterocycles. The van der Waals surface area contributed by atoms with E-state index in [1.807, 2.05) is 71.5 Å². The number of aryl methyl sites for hydroxylation is 1. The number of carbonyl (C=O) groups is 2. The normalized spacial score (nSPS) is 22.9. The third-order valence-corrected chi connectivity index (χ3v) is 6.22. The van der Waals surface area contributed by atoms with Gasteiger partial charge in [0.2, 0.25) is 5.96 Å². The van der Waals surface area contributed by atoms with Crippen molar-refractivity contribution in [1.29, 1.82) is 0 Å². The van der Waals surface area contributed by atoms with E-state index in [4.69, 9.17) is 16.6 Å². The molecule has 2 unspecified atom stereocenters. The first-order valence-electron chi connectivity index (χ1n) is 9.62. The summed E-state index contributed by atoms with van der Waals surface area (Å²) >= 11 is 6.42. The zero-order chi connectivity index (χ0) is 21.2. The molecule has 3 aliphatic rings. The van der Waals surface area contributed by atoms with Crippen LogP contribution < -0.4 is 4.90 Å².